The van der Waals surface area contributed by atoms with Crippen LogP contribution in [0.25, 0.3) is 0 Å². The Kier molecular flexibility index (Phi) is 7.25. The number of carbonyl (C=O) groups excluding carboxylic acids is 2. The van der Waals surface area contributed by atoms with Gasteiger partial charge in [0.1, 0.15) is 17.1 Å². The van der Waals surface area contributed by atoms with E-state index in [1.165, 1.54) is 0 Å². The predicted octanol–water partition coefficient (Wildman–Crippen LogP) is 6.35. The molecule has 0 fully saturated rings. The van der Waals surface area contributed by atoms with Crippen molar-refractivity contribution in [2.24, 2.45) is 0 Å². The zero-order valence-corrected chi connectivity index (χ0v) is 18.4. The number of hydrogen-bond donors (Lipinski definition) is 2. The van der Waals surface area contributed by atoms with Crippen molar-refractivity contribution in [2.45, 2.75) is 18.5 Å². The fourth-order valence-corrected chi connectivity index (χ4v) is 3.15. The minimum absolute atomic E-state index is 0.124. The van der Waals surface area contributed by atoms with Crippen molar-refractivity contribution in [3.8, 4) is 11.5 Å². The second kappa shape index (κ2) is 9.79. The molecule has 0 aromatic heterocycles. The van der Waals surface area contributed by atoms with Crippen LogP contribution in [0.5, 0.6) is 11.5 Å². The second-order valence-electron chi connectivity index (χ2n) is 7.54. The Hall–Kier alpha value is -4.43. The Morgan fingerprint density at radius 1 is 0.553 bits per heavy atom. The lowest BCUT2D eigenvalue weighted by atomic mass is 10.1. The first kappa shape index (κ1) is 28.1. The van der Waals surface area contributed by atoms with E-state index in [0.717, 1.165) is 12.1 Å². The summed E-state index contributed by atoms with van der Waals surface area (Å²) in [5.41, 5.74) is 2.81. The van der Waals surface area contributed by atoms with Crippen LogP contribution in [0.4, 0.5) is 50.9 Å². The molecule has 0 aliphatic heterocycles. The van der Waals surface area contributed by atoms with E-state index in [9.17, 15) is 49.1 Å². The van der Waals surface area contributed by atoms with Gasteiger partial charge in [-0.25, -0.2) is 9.59 Å². The molecule has 0 aliphatic rings. The molecule has 6 nitrogen and oxygen atoms in total. The molecule has 4 N–H and O–H groups in total. The van der Waals surface area contributed by atoms with Crippen molar-refractivity contribution < 1.29 is 58.6 Å². The van der Waals surface area contributed by atoms with Crippen LogP contribution in [0.1, 0.15) is 37.4 Å². The van der Waals surface area contributed by atoms with E-state index < -0.39 is 69.8 Å². The molecule has 3 aromatic carbocycles. The molecule has 0 atom stereocenters. The smallest absolute Gasteiger partial charge is 0.420 e. The molecule has 0 bridgehead atoms. The van der Waals surface area contributed by atoms with Crippen LogP contribution >= 0.6 is 0 Å². The van der Waals surface area contributed by atoms with E-state index in [4.69, 9.17) is 11.5 Å². The minimum atomic E-state index is -5.30. The summed E-state index contributed by atoms with van der Waals surface area (Å²) < 4.78 is 130. The Morgan fingerprint density at radius 3 is 1.39 bits per heavy atom. The van der Waals surface area contributed by atoms with E-state index in [2.05, 4.69) is 9.47 Å². The Morgan fingerprint density at radius 2 is 0.974 bits per heavy atom. The van der Waals surface area contributed by atoms with E-state index in [0.29, 0.717) is 36.4 Å². The fraction of sp³-hybridized carbons (Fsp3) is 0.130. The van der Waals surface area contributed by atoms with Crippen molar-refractivity contribution in [3.63, 3.8) is 0 Å². The molecule has 0 aliphatic carbocycles. The lowest BCUT2D eigenvalue weighted by Gasteiger charge is -2.17. The van der Waals surface area contributed by atoms with Crippen molar-refractivity contribution >= 4 is 23.3 Å². The largest absolute Gasteiger partial charge is 0.423 e. The number of benzene rings is 3. The molecule has 3 rings (SSSR count). The van der Waals surface area contributed by atoms with Crippen molar-refractivity contribution in [3.05, 3.63) is 82.4 Å². The van der Waals surface area contributed by atoms with E-state index in [1.807, 2.05) is 0 Å². The maximum atomic E-state index is 13.6. The maximum Gasteiger partial charge on any atom is 0.420 e. The molecule has 0 saturated heterocycles. The fourth-order valence-electron chi connectivity index (χ4n) is 3.15. The molecular formula is C23H13F9N2O4. The SMILES string of the molecule is Nc1ccc(C(=O)Oc2ccc(OC(=O)c3ccc(N)cc3C(F)(F)F)c(C(F)(F)F)c2)c(C(F)(F)F)c1. The van der Waals surface area contributed by atoms with Gasteiger partial charge in [-0.05, 0) is 54.6 Å². The van der Waals surface area contributed by atoms with Gasteiger partial charge in [-0.3, -0.25) is 0 Å². The highest BCUT2D eigenvalue weighted by Gasteiger charge is 2.39. The second-order valence-corrected chi connectivity index (χ2v) is 7.54. The minimum Gasteiger partial charge on any atom is -0.423 e. The number of alkyl halides is 9. The number of esters is 2. The number of ether oxygens (including phenoxy) is 2. The van der Waals surface area contributed by atoms with Gasteiger partial charge in [-0.2, -0.15) is 39.5 Å². The van der Waals surface area contributed by atoms with Gasteiger partial charge < -0.3 is 20.9 Å². The van der Waals surface area contributed by atoms with E-state index >= 15 is 0 Å². The molecule has 0 spiro atoms. The number of halogens is 9. The Balaban J connectivity index is 1.96. The number of anilines is 2. The number of hydrogen-bond acceptors (Lipinski definition) is 6. The third-order valence-electron chi connectivity index (χ3n) is 4.81. The van der Waals surface area contributed by atoms with Gasteiger partial charge in [0.05, 0.1) is 22.3 Å². The average molecular weight is 552 g/mol. The normalized spacial score (nSPS) is 12.2. The summed E-state index contributed by atoms with van der Waals surface area (Å²) in [5.74, 6) is -5.68. The van der Waals surface area contributed by atoms with Gasteiger partial charge in [0.2, 0.25) is 0 Å². The highest BCUT2D eigenvalue weighted by molar-refractivity contribution is 5.94. The monoisotopic (exact) mass is 552 g/mol. The summed E-state index contributed by atoms with van der Waals surface area (Å²) in [5, 5.41) is 0. The summed E-state index contributed by atoms with van der Waals surface area (Å²) in [7, 11) is 0. The van der Waals surface area contributed by atoms with Gasteiger partial charge >= 0.3 is 30.5 Å². The summed E-state index contributed by atoms with van der Waals surface area (Å²) in [6.07, 6.45) is -15.5. The molecule has 38 heavy (non-hydrogen) atoms. The molecule has 0 heterocycles. The first-order valence-corrected chi connectivity index (χ1v) is 9.97. The zero-order chi connectivity index (χ0) is 28.6. The maximum absolute atomic E-state index is 13.6. The molecule has 0 saturated carbocycles. The molecular weight excluding hydrogens is 539 g/mol. The highest BCUT2D eigenvalue weighted by atomic mass is 19.4. The third-order valence-corrected chi connectivity index (χ3v) is 4.81. The lowest BCUT2D eigenvalue weighted by molar-refractivity contribution is -0.139. The number of nitrogens with two attached hydrogens (primary N) is 2. The van der Waals surface area contributed by atoms with Gasteiger partial charge in [-0.15, -0.1) is 0 Å². The predicted molar refractivity (Wildman–Crippen MR) is 113 cm³/mol. The molecule has 15 heteroatoms. The highest BCUT2D eigenvalue weighted by Crippen LogP contribution is 2.40. The van der Waals surface area contributed by atoms with Crippen LogP contribution in [0.15, 0.2) is 54.6 Å². The van der Waals surface area contributed by atoms with Crippen LogP contribution < -0.4 is 20.9 Å². The summed E-state index contributed by atoms with van der Waals surface area (Å²) in [4.78, 5) is 24.7. The van der Waals surface area contributed by atoms with Crippen molar-refractivity contribution in [1.29, 1.82) is 0 Å². The van der Waals surface area contributed by atoms with Crippen LogP contribution in [-0.2, 0) is 18.5 Å². The average Bonchev–Trinajstić information content (AvgIpc) is 2.78. The van der Waals surface area contributed by atoms with Crippen molar-refractivity contribution in [1.82, 2.24) is 0 Å². The van der Waals surface area contributed by atoms with Gasteiger partial charge in [0, 0.05) is 11.4 Å². The number of nitrogen functional groups attached to an aromatic ring is 2. The molecule has 0 radical (unpaired) electrons. The first-order chi connectivity index (χ1) is 17.4. The number of rotatable bonds is 4. The molecule has 202 valence electrons. The van der Waals surface area contributed by atoms with Gasteiger partial charge in [-0.1, -0.05) is 0 Å². The van der Waals surface area contributed by atoms with Crippen LogP contribution in [0.2, 0.25) is 0 Å². The quantitative estimate of drug-likeness (QED) is 0.169. The summed E-state index contributed by atoms with van der Waals surface area (Å²) in [6, 6.07) is 5.10. The van der Waals surface area contributed by atoms with Crippen LogP contribution in [0, 0.1) is 0 Å². The third kappa shape index (κ3) is 6.27. The van der Waals surface area contributed by atoms with Gasteiger partial charge in [0.15, 0.2) is 0 Å². The Labute approximate surface area is 206 Å². The zero-order valence-electron chi connectivity index (χ0n) is 18.4. The summed E-state index contributed by atoms with van der Waals surface area (Å²) >= 11 is 0. The van der Waals surface area contributed by atoms with Crippen LogP contribution in [0.3, 0.4) is 0 Å². The van der Waals surface area contributed by atoms with E-state index in [-0.39, 0.29) is 17.4 Å². The topological polar surface area (TPSA) is 105 Å². The molecule has 3 aromatic rings. The molecule has 0 unspecified atom stereocenters. The van der Waals surface area contributed by atoms with E-state index in [1.54, 1.807) is 0 Å². The van der Waals surface area contributed by atoms with Crippen molar-refractivity contribution in [2.75, 3.05) is 11.5 Å². The van der Waals surface area contributed by atoms with Gasteiger partial charge in [0.25, 0.3) is 0 Å². The summed E-state index contributed by atoms with van der Waals surface area (Å²) in [6.45, 7) is 0. The number of carbonyl (C=O) groups is 2. The standard InChI is InChI=1S/C23H13F9N2O4/c24-21(25,26)15-7-10(33)1-4-13(15)19(35)37-12-3-6-18(17(9-12)23(30,31)32)38-20(36)14-5-2-11(34)8-16(14)22(27,28)29/h1-9H,33-34H2. The Bertz CT molecular complexity index is 1400. The van der Waals surface area contributed by atoms with Crippen LogP contribution in [-0.4, -0.2) is 11.9 Å². The molecule has 0 amide bonds. The first-order valence-electron chi connectivity index (χ1n) is 9.97. The lowest BCUT2D eigenvalue weighted by Crippen LogP contribution is -2.19.